The van der Waals surface area contributed by atoms with Gasteiger partial charge in [-0.2, -0.15) is 18.4 Å². The molecule has 0 aliphatic carbocycles. The van der Waals surface area contributed by atoms with Crippen LogP contribution in [0.2, 0.25) is 0 Å². The van der Waals surface area contributed by atoms with Crippen LogP contribution in [0.1, 0.15) is 16.9 Å². The highest BCUT2D eigenvalue weighted by Crippen LogP contribution is 2.33. The summed E-state index contributed by atoms with van der Waals surface area (Å²) in [6, 6.07) is 4.96. The summed E-state index contributed by atoms with van der Waals surface area (Å²) in [7, 11) is 0. The monoisotopic (exact) mass is 267 g/mol. The maximum absolute atomic E-state index is 12.7. The van der Waals surface area contributed by atoms with Gasteiger partial charge in [0, 0.05) is 5.69 Å². The summed E-state index contributed by atoms with van der Waals surface area (Å²) in [6.45, 7) is 0.212. The van der Waals surface area contributed by atoms with Crippen LogP contribution in [0.15, 0.2) is 35.2 Å². The standard InChI is InChI=1S/C12H8F3N3O/c13-12(14,15)11-3-9(2-1-8(11)4-16)18-6-10-5-17-7-19-10/h1-3,5,7,18H,6H2. The second kappa shape index (κ2) is 5.02. The summed E-state index contributed by atoms with van der Waals surface area (Å²) in [4.78, 5) is 3.69. The molecule has 0 amide bonds. The molecular formula is C12H8F3N3O. The Morgan fingerprint density at radius 3 is 2.74 bits per heavy atom. The number of rotatable bonds is 3. The summed E-state index contributed by atoms with van der Waals surface area (Å²) in [5, 5.41) is 11.4. The highest BCUT2D eigenvalue weighted by atomic mass is 19.4. The lowest BCUT2D eigenvalue weighted by Gasteiger charge is -2.11. The molecule has 1 N–H and O–H groups in total. The number of benzene rings is 1. The van der Waals surface area contributed by atoms with Gasteiger partial charge in [-0.1, -0.05) is 0 Å². The first-order valence-electron chi connectivity index (χ1n) is 5.23. The highest BCUT2D eigenvalue weighted by molar-refractivity contribution is 5.53. The molecule has 4 nitrogen and oxygen atoms in total. The summed E-state index contributed by atoms with van der Waals surface area (Å²) < 4.78 is 43.1. The number of hydrogen-bond donors (Lipinski definition) is 1. The van der Waals surface area contributed by atoms with Gasteiger partial charge in [-0.25, -0.2) is 4.98 Å². The SMILES string of the molecule is N#Cc1ccc(NCc2cnco2)cc1C(F)(F)F. The zero-order chi connectivity index (χ0) is 13.9. The zero-order valence-electron chi connectivity index (χ0n) is 9.53. The largest absolute Gasteiger partial charge is 0.447 e. The van der Waals surface area contributed by atoms with Crippen LogP contribution in [-0.4, -0.2) is 4.98 Å². The lowest BCUT2D eigenvalue weighted by atomic mass is 10.1. The van der Waals surface area contributed by atoms with E-state index in [1.54, 1.807) is 0 Å². The minimum absolute atomic E-state index is 0.212. The first-order chi connectivity index (χ1) is 9.00. The zero-order valence-corrected chi connectivity index (χ0v) is 9.53. The molecule has 7 heteroatoms. The Balaban J connectivity index is 2.21. The Labute approximate surface area is 106 Å². The molecule has 1 aromatic heterocycles. The molecular weight excluding hydrogens is 259 g/mol. The van der Waals surface area contributed by atoms with Crippen molar-refractivity contribution in [2.45, 2.75) is 12.7 Å². The van der Waals surface area contributed by atoms with Crippen LogP contribution in [0, 0.1) is 11.3 Å². The minimum Gasteiger partial charge on any atom is -0.447 e. The number of nitriles is 1. The molecule has 0 spiro atoms. The molecule has 0 aliphatic heterocycles. The Kier molecular flexibility index (Phi) is 3.42. The maximum Gasteiger partial charge on any atom is 0.417 e. The van der Waals surface area contributed by atoms with Gasteiger partial charge >= 0.3 is 6.18 Å². The van der Waals surface area contributed by atoms with Gasteiger partial charge in [-0.3, -0.25) is 0 Å². The number of hydrogen-bond acceptors (Lipinski definition) is 4. The molecule has 0 unspecified atom stereocenters. The number of oxazole rings is 1. The molecule has 19 heavy (non-hydrogen) atoms. The molecule has 0 atom stereocenters. The van der Waals surface area contributed by atoms with Crippen molar-refractivity contribution in [1.82, 2.24) is 4.98 Å². The van der Waals surface area contributed by atoms with E-state index >= 15 is 0 Å². The Morgan fingerprint density at radius 1 is 1.37 bits per heavy atom. The average Bonchev–Trinajstić information content (AvgIpc) is 2.88. The first-order valence-corrected chi connectivity index (χ1v) is 5.23. The molecule has 0 fully saturated rings. The number of anilines is 1. The van der Waals surface area contributed by atoms with Crippen molar-refractivity contribution in [3.63, 3.8) is 0 Å². The Hall–Kier alpha value is -2.49. The fraction of sp³-hybridized carbons (Fsp3) is 0.167. The molecule has 1 aromatic carbocycles. The quantitative estimate of drug-likeness (QED) is 0.927. The average molecular weight is 267 g/mol. The van der Waals surface area contributed by atoms with Crippen LogP contribution < -0.4 is 5.32 Å². The van der Waals surface area contributed by atoms with E-state index in [9.17, 15) is 13.2 Å². The van der Waals surface area contributed by atoms with Gasteiger partial charge in [-0.15, -0.1) is 0 Å². The maximum atomic E-state index is 12.7. The number of nitrogens with one attached hydrogen (secondary N) is 1. The third-order valence-corrected chi connectivity index (χ3v) is 2.40. The third kappa shape index (κ3) is 3.04. The Bertz CT molecular complexity index is 600. The van der Waals surface area contributed by atoms with Crippen molar-refractivity contribution in [3.8, 4) is 6.07 Å². The van der Waals surface area contributed by atoms with E-state index in [-0.39, 0.29) is 12.2 Å². The topological polar surface area (TPSA) is 61.9 Å². The van der Waals surface area contributed by atoms with E-state index < -0.39 is 17.3 Å². The van der Waals surface area contributed by atoms with Crippen molar-refractivity contribution in [2.24, 2.45) is 0 Å². The molecule has 0 bridgehead atoms. The van der Waals surface area contributed by atoms with Crippen molar-refractivity contribution in [2.75, 3.05) is 5.32 Å². The molecule has 2 aromatic rings. The number of nitrogens with zero attached hydrogens (tertiary/aromatic N) is 2. The number of alkyl halides is 3. The van der Waals surface area contributed by atoms with Crippen LogP contribution in [0.5, 0.6) is 0 Å². The smallest absolute Gasteiger partial charge is 0.417 e. The normalized spacial score (nSPS) is 11.1. The van der Waals surface area contributed by atoms with E-state index in [1.807, 2.05) is 0 Å². The van der Waals surface area contributed by atoms with E-state index in [0.29, 0.717) is 5.76 Å². The Morgan fingerprint density at radius 2 is 2.16 bits per heavy atom. The van der Waals surface area contributed by atoms with Crippen LogP contribution in [0.3, 0.4) is 0 Å². The lowest BCUT2D eigenvalue weighted by molar-refractivity contribution is -0.137. The van der Waals surface area contributed by atoms with Gasteiger partial charge in [0.1, 0.15) is 5.76 Å². The van der Waals surface area contributed by atoms with Crippen molar-refractivity contribution >= 4 is 5.69 Å². The van der Waals surface area contributed by atoms with Crippen LogP contribution in [-0.2, 0) is 12.7 Å². The molecule has 0 saturated heterocycles. The summed E-state index contributed by atoms with van der Waals surface area (Å²) >= 11 is 0. The second-order valence-electron chi connectivity index (χ2n) is 3.69. The van der Waals surface area contributed by atoms with E-state index in [4.69, 9.17) is 9.68 Å². The molecule has 1 heterocycles. The van der Waals surface area contributed by atoms with Gasteiger partial charge in [0.25, 0.3) is 0 Å². The van der Waals surface area contributed by atoms with Gasteiger partial charge in [0.05, 0.1) is 29.9 Å². The molecule has 98 valence electrons. The molecule has 2 rings (SSSR count). The van der Waals surface area contributed by atoms with Crippen LogP contribution >= 0.6 is 0 Å². The predicted molar refractivity (Wildman–Crippen MR) is 60.0 cm³/mol. The van der Waals surface area contributed by atoms with Crippen molar-refractivity contribution in [1.29, 1.82) is 5.26 Å². The molecule has 0 saturated carbocycles. The fourth-order valence-electron chi connectivity index (χ4n) is 1.50. The molecule has 0 aliphatic rings. The summed E-state index contributed by atoms with van der Waals surface area (Å²) in [5.41, 5.74) is -1.11. The van der Waals surface area contributed by atoms with Crippen molar-refractivity contribution in [3.05, 3.63) is 47.7 Å². The van der Waals surface area contributed by atoms with Crippen molar-refractivity contribution < 1.29 is 17.6 Å². The summed E-state index contributed by atoms with van der Waals surface area (Å²) in [5.74, 6) is 0.498. The van der Waals surface area contributed by atoms with Gasteiger partial charge in [0.15, 0.2) is 6.39 Å². The van der Waals surface area contributed by atoms with Crippen LogP contribution in [0.25, 0.3) is 0 Å². The first kappa shape index (κ1) is 13.0. The lowest BCUT2D eigenvalue weighted by Crippen LogP contribution is -2.09. The predicted octanol–water partition coefficient (Wildman–Crippen LogP) is 3.18. The highest BCUT2D eigenvalue weighted by Gasteiger charge is 2.33. The van der Waals surface area contributed by atoms with E-state index in [2.05, 4.69) is 10.3 Å². The van der Waals surface area contributed by atoms with E-state index in [1.165, 1.54) is 24.7 Å². The number of halogens is 3. The third-order valence-electron chi connectivity index (χ3n) is 2.40. The van der Waals surface area contributed by atoms with Crippen LogP contribution in [0.4, 0.5) is 18.9 Å². The van der Waals surface area contributed by atoms with Gasteiger partial charge in [0.2, 0.25) is 0 Å². The van der Waals surface area contributed by atoms with Gasteiger partial charge in [-0.05, 0) is 18.2 Å². The number of aromatic nitrogens is 1. The van der Waals surface area contributed by atoms with E-state index in [0.717, 1.165) is 12.1 Å². The second-order valence-corrected chi connectivity index (χ2v) is 3.69. The van der Waals surface area contributed by atoms with Gasteiger partial charge < -0.3 is 9.73 Å². The summed E-state index contributed by atoms with van der Waals surface area (Å²) in [6.07, 6.45) is -1.87. The molecule has 0 radical (unpaired) electrons. The minimum atomic E-state index is -4.56. The fourth-order valence-corrected chi connectivity index (χ4v) is 1.50.